The van der Waals surface area contributed by atoms with Crippen molar-refractivity contribution in [1.29, 1.82) is 0 Å². The molecule has 122 valence electrons. The fourth-order valence-electron chi connectivity index (χ4n) is 2.00. The van der Waals surface area contributed by atoms with Gasteiger partial charge in [-0.2, -0.15) is 0 Å². The first-order valence-corrected chi connectivity index (χ1v) is 8.35. The highest BCUT2D eigenvalue weighted by atomic mass is 35.6. The average molecular weight is 447 g/mol. The summed E-state index contributed by atoms with van der Waals surface area (Å²) in [4.78, 5) is 11.6. The van der Waals surface area contributed by atoms with Gasteiger partial charge in [-0.1, -0.05) is 69.6 Å². The third-order valence-electron chi connectivity index (χ3n) is 2.81. The number of ether oxygens (including phenoxy) is 2. The molecule has 0 fully saturated rings. The Kier molecular flexibility index (Phi) is 5.64. The van der Waals surface area contributed by atoms with E-state index in [1.807, 2.05) is 0 Å². The van der Waals surface area contributed by atoms with E-state index in [0.29, 0.717) is 11.1 Å². The van der Waals surface area contributed by atoms with Gasteiger partial charge in [0, 0.05) is 5.56 Å². The minimum absolute atomic E-state index is 0.0597. The van der Waals surface area contributed by atoms with Crippen molar-refractivity contribution in [2.24, 2.45) is 0 Å². The summed E-state index contributed by atoms with van der Waals surface area (Å²) < 4.78 is 7.08. The molecule has 1 aromatic carbocycles. The van der Waals surface area contributed by atoms with Gasteiger partial charge in [-0.3, -0.25) is 4.79 Å². The van der Waals surface area contributed by atoms with Crippen LogP contribution in [0.15, 0.2) is 12.1 Å². The fourth-order valence-corrected chi connectivity index (χ4v) is 2.94. The third kappa shape index (κ3) is 4.01. The lowest BCUT2D eigenvalue weighted by atomic mass is 10.0. The summed E-state index contributed by atoms with van der Waals surface area (Å²) in [5.41, 5.74) is 1.09. The van der Waals surface area contributed by atoms with Gasteiger partial charge in [0.2, 0.25) is 10.1 Å². The largest absolute Gasteiger partial charge is 0.459 e. The van der Waals surface area contributed by atoms with Crippen molar-refractivity contribution in [2.45, 2.75) is 26.9 Å². The van der Waals surface area contributed by atoms with E-state index in [-0.39, 0.29) is 11.3 Å². The molecule has 0 bridgehead atoms. The molecule has 0 radical (unpaired) electrons. The van der Waals surface area contributed by atoms with Gasteiger partial charge in [0.25, 0.3) is 9.03 Å². The second-order valence-electron chi connectivity index (χ2n) is 4.55. The summed E-state index contributed by atoms with van der Waals surface area (Å²) in [5, 5.41) is -0.756. The quantitative estimate of drug-likeness (QED) is 0.398. The Bertz CT molecular complexity index is 606. The predicted octanol–water partition coefficient (Wildman–Crippen LogP) is 5.89. The Labute approximate surface area is 161 Å². The molecule has 1 aliphatic heterocycles. The molecule has 1 heterocycles. The van der Waals surface area contributed by atoms with E-state index in [4.69, 9.17) is 90.7 Å². The molecule has 2 rings (SSSR count). The maximum Gasteiger partial charge on any atom is 0.256 e. The summed E-state index contributed by atoms with van der Waals surface area (Å²) in [6.07, 6.45) is -2.50. The number of aryl methyl sites for hydroxylation is 1. The lowest BCUT2D eigenvalue weighted by Crippen LogP contribution is -2.42. The number of carbonyl (C=O) groups excluding carboxylic acids is 1. The molecular weight excluding hydrogens is 440 g/mol. The van der Waals surface area contributed by atoms with Crippen LogP contribution in [-0.4, -0.2) is 19.1 Å². The van der Waals surface area contributed by atoms with E-state index in [1.54, 1.807) is 13.0 Å². The zero-order valence-corrected chi connectivity index (χ0v) is 16.0. The number of hydrogen-bond donors (Lipinski definition) is 0. The standard InChI is InChI=1S/C12H7Cl7O3/c1-4-2-5-7(6(3-4)9(13)20)21-10(12(17,18)19)22-8(5)11(14,15)16/h2-3,8,10H,1H3. The van der Waals surface area contributed by atoms with Crippen LogP contribution in [-0.2, 0) is 4.74 Å². The lowest BCUT2D eigenvalue weighted by molar-refractivity contribution is -0.136. The van der Waals surface area contributed by atoms with Crippen LogP contribution >= 0.6 is 81.2 Å². The van der Waals surface area contributed by atoms with Crippen molar-refractivity contribution in [1.82, 2.24) is 0 Å². The van der Waals surface area contributed by atoms with Gasteiger partial charge in [0.1, 0.15) is 11.9 Å². The highest BCUT2D eigenvalue weighted by Crippen LogP contribution is 2.52. The first-order chi connectivity index (χ1) is 9.91. The topological polar surface area (TPSA) is 35.5 Å². The molecular formula is C12H7Cl7O3. The van der Waals surface area contributed by atoms with E-state index < -0.39 is 25.2 Å². The van der Waals surface area contributed by atoms with E-state index >= 15 is 0 Å². The molecule has 3 nitrogen and oxygen atoms in total. The predicted molar refractivity (Wildman–Crippen MR) is 90.2 cm³/mol. The van der Waals surface area contributed by atoms with Crippen LogP contribution in [0.2, 0.25) is 0 Å². The van der Waals surface area contributed by atoms with E-state index in [1.165, 1.54) is 6.07 Å². The van der Waals surface area contributed by atoms with Gasteiger partial charge in [-0.15, -0.1) is 0 Å². The Morgan fingerprint density at radius 3 is 2.14 bits per heavy atom. The van der Waals surface area contributed by atoms with Gasteiger partial charge in [-0.05, 0) is 36.2 Å². The van der Waals surface area contributed by atoms with Crippen molar-refractivity contribution in [2.75, 3.05) is 0 Å². The van der Waals surface area contributed by atoms with Crippen molar-refractivity contribution < 1.29 is 14.3 Å². The first kappa shape index (κ1) is 19.0. The number of halogens is 7. The Morgan fingerprint density at radius 2 is 1.68 bits per heavy atom. The number of hydrogen-bond acceptors (Lipinski definition) is 3. The third-order valence-corrected chi connectivity index (χ3v) is 4.14. The second-order valence-corrected chi connectivity index (χ2v) is 9.63. The average Bonchev–Trinajstić information content (AvgIpc) is 2.33. The van der Waals surface area contributed by atoms with Crippen LogP contribution in [0.3, 0.4) is 0 Å². The number of fused-ring (bicyclic) bond motifs is 1. The van der Waals surface area contributed by atoms with Crippen LogP contribution in [0, 0.1) is 6.92 Å². The molecule has 0 spiro atoms. The van der Waals surface area contributed by atoms with Crippen molar-refractivity contribution >= 4 is 86.4 Å². The molecule has 10 heteroatoms. The number of carbonyl (C=O) groups is 1. The van der Waals surface area contributed by atoms with Gasteiger partial charge in [-0.25, -0.2) is 0 Å². The van der Waals surface area contributed by atoms with Gasteiger partial charge >= 0.3 is 0 Å². The van der Waals surface area contributed by atoms with Crippen LogP contribution < -0.4 is 4.74 Å². The van der Waals surface area contributed by atoms with Crippen molar-refractivity contribution in [3.63, 3.8) is 0 Å². The van der Waals surface area contributed by atoms with Crippen molar-refractivity contribution in [3.8, 4) is 5.75 Å². The normalized spacial score (nSPS) is 22.0. The van der Waals surface area contributed by atoms with E-state index in [0.717, 1.165) is 0 Å². The molecule has 0 aliphatic carbocycles. The summed E-state index contributed by atoms with van der Waals surface area (Å²) in [6, 6.07) is 3.16. The number of rotatable bonds is 1. The zero-order valence-electron chi connectivity index (χ0n) is 10.7. The van der Waals surface area contributed by atoms with Crippen LogP contribution in [0.1, 0.15) is 27.6 Å². The number of alkyl halides is 6. The molecule has 2 unspecified atom stereocenters. The maximum absolute atomic E-state index is 11.6. The Balaban J connectivity index is 2.66. The molecule has 0 aromatic heterocycles. The molecule has 1 aliphatic rings. The van der Waals surface area contributed by atoms with Crippen LogP contribution in [0.4, 0.5) is 0 Å². The minimum atomic E-state index is -1.97. The summed E-state index contributed by atoms with van der Waals surface area (Å²) >= 11 is 40.8. The van der Waals surface area contributed by atoms with E-state index in [9.17, 15) is 4.79 Å². The molecule has 22 heavy (non-hydrogen) atoms. The summed E-state index contributed by atoms with van der Waals surface area (Å²) in [6.45, 7) is 1.74. The summed E-state index contributed by atoms with van der Waals surface area (Å²) in [7, 11) is 0. The van der Waals surface area contributed by atoms with Gasteiger partial charge in [0.15, 0.2) is 0 Å². The fraction of sp³-hybridized carbons (Fsp3) is 0.417. The first-order valence-electron chi connectivity index (χ1n) is 5.71. The highest BCUT2D eigenvalue weighted by Gasteiger charge is 2.49. The second kappa shape index (κ2) is 6.53. The Hall–Kier alpha value is 0.680. The van der Waals surface area contributed by atoms with Crippen LogP contribution in [0.5, 0.6) is 5.75 Å². The molecule has 0 saturated heterocycles. The smallest absolute Gasteiger partial charge is 0.256 e. The van der Waals surface area contributed by atoms with Crippen molar-refractivity contribution in [3.05, 3.63) is 28.8 Å². The molecule has 1 aromatic rings. The lowest BCUT2D eigenvalue weighted by Gasteiger charge is -2.38. The minimum Gasteiger partial charge on any atom is -0.459 e. The highest BCUT2D eigenvalue weighted by molar-refractivity contribution is 6.69. The number of benzene rings is 1. The molecule has 0 N–H and O–H groups in total. The molecule has 0 amide bonds. The van der Waals surface area contributed by atoms with Crippen LogP contribution in [0.25, 0.3) is 0 Å². The summed E-state index contributed by atoms with van der Waals surface area (Å²) in [5.74, 6) is 0.0597. The zero-order chi connectivity index (χ0) is 16.9. The monoisotopic (exact) mass is 444 g/mol. The Morgan fingerprint density at radius 1 is 1.09 bits per heavy atom. The molecule has 0 saturated carbocycles. The molecule has 2 atom stereocenters. The van der Waals surface area contributed by atoms with Gasteiger partial charge < -0.3 is 9.47 Å². The van der Waals surface area contributed by atoms with E-state index in [2.05, 4.69) is 0 Å². The van der Waals surface area contributed by atoms with Gasteiger partial charge in [0.05, 0.1) is 5.56 Å². The maximum atomic E-state index is 11.6. The SMILES string of the molecule is Cc1cc(C(=O)Cl)c2c(c1)C(C(Cl)(Cl)Cl)OC(C(Cl)(Cl)Cl)O2.